The van der Waals surface area contributed by atoms with Crippen LogP contribution in [0.4, 0.5) is 11.4 Å². The highest BCUT2D eigenvalue weighted by molar-refractivity contribution is 5.93. The fourth-order valence-electron chi connectivity index (χ4n) is 3.79. The van der Waals surface area contributed by atoms with Crippen LogP contribution in [-0.4, -0.2) is 80.3 Å². The van der Waals surface area contributed by atoms with Crippen LogP contribution in [0.15, 0.2) is 18.2 Å². The summed E-state index contributed by atoms with van der Waals surface area (Å²) in [6.07, 6.45) is 0.988. The van der Waals surface area contributed by atoms with E-state index in [1.165, 1.54) is 23.1 Å². The van der Waals surface area contributed by atoms with E-state index in [0.717, 1.165) is 0 Å². The van der Waals surface area contributed by atoms with Crippen LogP contribution in [0.5, 0.6) is 0 Å². The topological polar surface area (TPSA) is 129 Å². The van der Waals surface area contributed by atoms with Gasteiger partial charge in [-0.25, -0.2) is 4.79 Å². The molecule has 1 aromatic carbocycles. The van der Waals surface area contributed by atoms with Crippen LogP contribution in [0.2, 0.25) is 0 Å². The molecule has 0 unspecified atom stereocenters. The number of anilines is 1. The summed E-state index contributed by atoms with van der Waals surface area (Å²) in [5.74, 6) is -1.67. The van der Waals surface area contributed by atoms with Crippen LogP contribution in [0.3, 0.4) is 0 Å². The molecule has 32 heavy (non-hydrogen) atoms. The van der Waals surface area contributed by atoms with Crippen molar-refractivity contribution in [1.82, 2.24) is 4.90 Å². The van der Waals surface area contributed by atoms with Gasteiger partial charge in [0.1, 0.15) is 5.69 Å². The monoisotopic (exact) mass is 449 g/mol. The van der Waals surface area contributed by atoms with Crippen molar-refractivity contribution >= 4 is 29.2 Å². The van der Waals surface area contributed by atoms with Crippen molar-refractivity contribution in [2.24, 2.45) is 5.92 Å². The molecule has 2 saturated heterocycles. The summed E-state index contributed by atoms with van der Waals surface area (Å²) < 4.78 is 15.4. The average Bonchev–Trinajstić information content (AvgIpc) is 2.82. The van der Waals surface area contributed by atoms with Gasteiger partial charge in [0.05, 0.1) is 36.2 Å². The number of nitrogens with zero attached hydrogens (tertiary/aromatic N) is 3. The Bertz CT molecular complexity index is 861. The molecule has 0 bridgehead atoms. The van der Waals surface area contributed by atoms with Crippen molar-refractivity contribution in [2.75, 3.05) is 57.5 Å². The van der Waals surface area contributed by atoms with Crippen molar-refractivity contribution in [1.29, 1.82) is 0 Å². The van der Waals surface area contributed by atoms with E-state index in [2.05, 4.69) is 0 Å². The van der Waals surface area contributed by atoms with Gasteiger partial charge in [-0.1, -0.05) is 0 Å². The second-order valence-electron chi connectivity index (χ2n) is 7.54. The SMILES string of the molecule is CCOC(=O)C1CCN(C(=O)COC(=O)c2ccc(N3CCOCC3)c([N+](=O)[O-])c2)CC1. The minimum Gasteiger partial charge on any atom is -0.466 e. The van der Waals surface area contributed by atoms with E-state index in [1.54, 1.807) is 6.92 Å². The summed E-state index contributed by atoms with van der Waals surface area (Å²) in [5.41, 5.74) is 0.214. The normalized spacial score (nSPS) is 17.0. The van der Waals surface area contributed by atoms with Crippen LogP contribution in [0.1, 0.15) is 30.1 Å². The highest BCUT2D eigenvalue weighted by atomic mass is 16.6. The summed E-state index contributed by atoms with van der Waals surface area (Å²) in [4.78, 5) is 50.9. The molecule has 0 saturated carbocycles. The maximum atomic E-state index is 12.4. The lowest BCUT2D eigenvalue weighted by molar-refractivity contribution is -0.384. The maximum absolute atomic E-state index is 12.4. The van der Waals surface area contributed by atoms with E-state index < -0.39 is 17.5 Å². The Hall–Kier alpha value is -3.21. The summed E-state index contributed by atoms with van der Waals surface area (Å²) in [7, 11) is 0. The van der Waals surface area contributed by atoms with Gasteiger partial charge in [0.2, 0.25) is 0 Å². The van der Waals surface area contributed by atoms with E-state index in [-0.39, 0.29) is 29.0 Å². The smallest absolute Gasteiger partial charge is 0.338 e. The number of carbonyl (C=O) groups is 3. The Morgan fingerprint density at radius 1 is 1.12 bits per heavy atom. The lowest BCUT2D eigenvalue weighted by atomic mass is 9.97. The third-order valence-corrected chi connectivity index (χ3v) is 5.55. The van der Waals surface area contributed by atoms with Gasteiger partial charge < -0.3 is 24.0 Å². The molecule has 2 aliphatic heterocycles. The number of amides is 1. The minimum atomic E-state index is -0.809. The summed E-state index contributed by atoms with van der Waals surface area (Å²) in [6.45, 7) is 4.33. The van der Waals surface area contributed by atoms with Gasteiger partial charge in [-0.2, -0.15) is 0 Å². The lowest BCUT2D eigenvalue weighted by Crippen LogP contribution is -2.42. The molecule has 0 atom stereocenters. The number of piperidine rings is 1. The predicted octanol–water partition coefficient (Wildman–Crippen LogP) is 1.39. The highest BCUT2D eigenvalue weighted by Gasteiger charge is 2.29. The number of ether oxygens (including phenoxy) is 3. The lowest BCUT2D eigenvalue weighted by Gasteiger charge is -2.30. The molecule has 3 rings (SSSR count). The van der Waals surface area contributed by atoms with Gasteiger partial charge in [-0.15, -0.1) is 0 Å². The van der Waals surface area contributed by atoms with Gasteiger partial charge in [0, 0.05) is 32.2 Å². The average molecular weight is 449 g/mol. The first kappa shape index (κ1) is 23.5. The number of hydrogen-bond donors (Lipinski definition) is 0. The van der Waals surface area contributed by atoms with Crippen molar-refractivity contribution < 1.29 is 33.5 Å². The molecule has 2 fully saturated rings. The van der Waals surface area contributed by atoms with Crippen LogP contribution in [-0.2, 0) is 23.8 Å². The number of benzene rings is 1. The third kappa shape index (κ3) is 5.72. The first-order valence-corrected chi connectivity index (χ1v) is 10.6. The molecular weight excluding hydrogens is 422 g/mol. The molecule has 11 heteroatoms. The van der Waals surface area contributed by atoms with E-state index in [0.29, 0.717) is 64.5 Å². The van der Waals surface area contributed by atoms with Crippen molar-refractivity contribution in [3.63, 3.8) is 0 Å². The molecule has 0 aromatic heterocycles. The second-order valence-corrected chi connectivity index (χ2v) is 7.54. The number of nitro benzene ring substituents is 1. The Morgan fingerprint density at radius 2 is 1.81 bits per heavy atom. The Labute approximate surface area is 185 Å². The van der Waals surface area contributed by atoms with E-state index in [4.69, 9.17) is 14.2 Å². The summed E-state index contributed by atoms with van der Waals surface area (Å²) in [6, 6.07) is 4.14. The second kappa shape index (κ2) is 10.9. The van der Waals surface area contributed by atoms with E-state index in [9.17, 15) is 24.5 Å². The standard InChI is InChI=1S/C21H27N3O8/c1-2-31-20(26)15-5-7-23(8-6-15)19(25)14-32-21(27)16-3-4-17(18(13-16)24(28)29)22-9-11-30-12-10-22/h3-4,13,15H,2,5-12,14H2,1H3. The van der Waals surface area contributed by atoms with Gasteiger partial charge >= 0.3 is 11.9 Å². The number of esters is 2. The molecule has 11 nitrogen and oxygen atoms in total. The summed E-state index contributed by atoms with van der Waals surface area (Å²) in [5, 5.41) is 11.5. The molecule has 174 valence electrons. The molecule has 0 spiro atoms. The first-order chi connectivity index (χ1) is 15.4. The molecule has 0 N–H and O–H groups in total. The highest BCUT2D eigenvalue weighted by Crippen LogP contribution is 2.30. The molecule has 1 amide bonds. The molecule has 1 aromatic rings. The number of rotatable bonds is 7. The number of likely N-dealkylation sites (tertiary alicyclic amines) is 1. The molecule has 2 aliphatic rings. The largest absolute Gasteiger partial charge is 0.466 e. The Balaban J connectivity index is 1.55. The van der Waals surface area contributed by atoms with E-state index >= 15 is 0 Å². The number of morpholine rings is 1. The summed E-state index contributed by atoms with van der Waals surface area (Å²) >= 11 is 0. The van der Waals surface area contributed by atoms with Crippen LogP contribution < -0.4 is 4.90 Å². The third-order valence-electron chi connectivity index (χ3n) is 5.55. The predicted molar refractivity (Wildman–Crippen MR) is 112 cm³/mol. The van der Waals surface area contributed by atoms with Gasteiger partial charge in [-0.05, 0) is 31.9 Å². The van der Waals surface area contributed by atoms with E-state index in [1.807, 2.05) is 4.90 Å². The quantitative estimate of drug-likeness (QED) is 0.344. The maximum Gasteiger partial charge on any atom is 0.338 e. The number of carbonyl (C=O) groups excluding carboxylic acids is 3. The van der Waals surface area contributed by atoms with Crippen LogP contribution in [0.25, 0.3) is 0 Å². The fourth-order valence-corrected chi connectivity index (χ4v) is 3.79. The van der Waals surface area contributed by atoms with Crippen molar-refractivity contribution in [3.05, 3.63) is 33.9 Å². The minimum absolute atomic E-state index is 0.00234. The molecule has 0 radical (unpaired) electrons. The zero-order valence-corrected chi connectivity index (χ0v) is 18.0. The molecule has 2 heterocycles. The number of nitro groups is 1. The van der Waals surface area contributed by atoms with Crippen LogP contribution in [0, 0.1) is 16.0 Å². The van der Waals surface area contributed by atoms with Crippen LogP contribution >= 0.6 is 0 Å². The first-order valence-electron chi connectivity index (χ1n) is 10.6. The number of hydrogen-bond acceptors (Lipinski definition) is 9. The van der Waals surface area contributed by atoms with Gasteiger partial charge in [0.25, 0.3) is 11.6 Å². The molecule has 0 aliphatic carbocycles. The van der Waals surface area contributed by atoms with Crippen molar-refractivity contribution in [3.8, 4) is 0 Å². The molecular formula is C21H27N3O8. The van der Waals surface area contributed by atoms with Crippen molar-refractivity contribution in [2.45, 2.75) is 19.8 Å². The van der Waals surface area contributed by atoms with Gasteiger partial charge in [-0.3, -0.25) is 19.7 Å². The zero-order chi connectivity index (χ0) is 23.1. The zero-order valence-electron chi connectivity index (χ0n) is 18.0. The van der Waals surface area contributed by atoms with Gasteiger partial charge in [0.15, 0.2) is 6.61 Å². The Kier molecular flexibility index (Phi) is 7.98. The Morgan fingerprint density at radius 3 is 2.44 bits per heavy atom. The fraction of sp³-hybridized carbons (Fsp3) is 0.571.